The molecule has 0 fully saturated rings. The number of aromatic nitrogens is 2. The molecule has 0 unspecified atom stereocenters. The smallest absolute Gasteiger partial charge is 0.184 e. The molecule has 0 saturated carbocycles. The van der Waals surface area contributed by atoms with E-state index >= 15 is 0 Å². The molecule has 0 spiro atoms. The molecule has 0 radical (unpaired) electrons. The number of hydrogen-bond acceptors (Lipinski definition) is 2. The van der Waals surface area contributed by atoms with Gasteiger partial charge in [0.2, 0.25) is 0 Å². The highest BCUT2D eigenvalue weighted by Crippen LogP contribution is 2.25. The van der Waals surface area contributed by atoms with Crippen molar-refractivity contribution in [3.8, 4) is 16.9 Å². The Morgan fingerprint density at radius 3 is 2.48 bits per heavy atom. The maximum Gasteiger partial charge on any atom is 0.184 e. The molecule has 2 N–H and O–H groups in total. The molecular weight excluding hydrogens is 340 g/mol. The van der Waals surface area contributed by atoms with E-state index in [0.29, 0.717) is 5.69 Å². The summed E-state index contributed by atoms with van der Waals surface area (Å²) in [5.74, 6) is -1.68. The maximum absolute atomic E-state index is 13.8. The molecule has 0 saturated heterocycles. The van der Waals surface area contributed by atoms with Crippen LogP contribution in [-0.2, 0) is 0 Å². The third kappa shape index (κ3) is 2.54. The van der Waals surface area contributed by atoms with Crippen LogP contribution in [0.1, 0.15) is 0 Å². The minimum atomic E-state index is -0.977. The van der Waals surface area contributed by atoms with Crippen molar-refractivity contribution in [1.82, 2.24) is 9.78 Å². The third-order valence-corrected chi connectivity index (χ3v) is 3.56. The van der Waals surface area contributed by atoms with Gasteiger partial charge in [0, 0.05) is 16.1 Å². The van der Waals surface area contributed by atoms with Crippen LogP contribution >= 0.6 is 15.9 Å². The van der Waals surface area contributed by atoms with Crippen LogP contribution in [0.4, 0.5) is 14.6 Å². The normalized spacial score (nSPS) is 10.8. The molecule has 0 bridgehead atoms. The standard InChI is InChI=1S/C15H10BrF2N3/c16-10-6-4-9(5-7-10)12-8-14(19)21(20-12)13-3-1-2-11(17)15(13)18/h1-8H,19H2. The van der Waals surface area contributed by atoms with E-state index in [-0.39, 0.29) is 11.5 Å². The van der Waals surface area contributed by atoms with Gasteiger partial charge < -0.3 is 5.73 Å². The van der Waals surface area contributed by atoms with Crippen molar-refractivity contribution in [2.75, 3.05) is 5.73 Å². The van der Waals surface area contributed by atoms with Crippen LogP contribution in [0.15, 0.2) is 53.0 Å². The topological polar surface area (TPSA) is 43.8 Å². The SMILES string of the molecule is Nc1cc(-c2ccc(Br)cc2)nn1-c1cccc(F)c1F. The van der Waals surface area contributed by atoms with Crippen molar-refractivity contribution in [3.63, 3.8) is 0 Å². The molecular formula is C15H10BrF2N3. The fourth-order valence-electron chi connectivity index (χ4n) is 2.01. The highest BCUT2D eigenvalue weighted by molar-refractivity contribution is 9.10. The first-order valence-electron chi connectivity index (χ1n) is 6.12. The van der Waals surface area contributed by atoms with Gasteiger partial charge in [-0.3, -0.25) is 0 Å². The van der Waals surface area contributed by atoms with Crippen LogP contribution in [0, 0.1) is 11.6 Å². The summed E-state index contributed by atoms with van der Waals surface area (Å²) in [6.07, 6.45) is 0. The van der Waals surface area contributed by atoms with E-state index in [4.69, 9.17) is 5.73 Å². The fourth-order valence-corrected chi connectivity index (χ4v) is 2.27. The van der Waals surface area contributed by atoms with Crippen molar-refractivity contribution in [1.29, 1.82) is 0 Å². The Balaban J connectivity index is 2.10. The Bertz CT molecular complexity index is 797. The predicted octanol–water partition coefficient (Wildman–Crippen LogP) is 4.16. The average molecular weight is 350 g/mol. The second kappa shape index (κ2) is 5.29. The van der Waals surface area contributed by atoms with Gasteiger partial charge in [0.25, 0.3) is 0 Å². The summed E-state index contributed by atoms with van der Waals surface area (Å²) in [5, 5.41) is 4.25. The lowest BCUT2D eigenvalue weighted by Crippen LogP contribution is -2.05. The molecule has 3 aromatic rings. The summed E-state index contributed by atoms with van der Waals surface area (Å²) < 4.78 is 29.3. The lowest BCUT2D eigenvalue weighted by atomic mass is 10.2. The lowest BCUT2D eigenvalue weighted by Gasteiger charge is -2.05. The van der Waals surface area contributed by atoms with Gasteiger partial charge >= 0.3 is 0 Å². The number of benzene rings is 2. The third-order valence-electron chi connectivity index (χ3n) is 3.04. The van der Waals surface area contributed by atoms with Gasteiger partial charge in [0.05, 0.1) is 5.69 Å². The van der Waals surface area contributed by atoms with Crippen LogP contribution in [0.3, 0.4) is 0 Å². The maximum atomic E-state index is 13.8. The lowest BCUT2D eigenvalue weighted by molar-refractivity contribution is 0.502. The van der Waals surface area contributed by atoms with Crippen molar-refractivity contribution < 1.29 is 8.78 Å². The Morgan fingerprint density at radius 2 is 1.76 bits per heavy atom. The summed E-state index contributed by atoms with van der Waals surface area (Å²) in [6, 6.07) is 13.0. The Kier molecular flexibility index (Phi) is 3.47. The van der Waals surface area contributed by atoms with Gasteiger partial charge in [-0.25, -0.2) is 13.5 Å². The molecule has 21 heavy (non-hydrogen) atoms. The largest absolute Gasteiger partial charge is 0.384 e. The van der Waals surface area contributed by atoms with E-state index in [1.165, 1.54) is 16.8 Å². The van der Waals surface area contributed by atoms with E-state index in [2.05, 4.69) is 21.0 Å². The molecule has 1 aromatic heterocycles. The Morgan fingerprint density at radius 1 is 1.05 bits per heavy atom. The van der Waals surface area contributed by atoms with E-state index in [0.717, 1.165) is 16.1 Å². The summed E-state index contributed by atoms with van der Waals surface area (Å²) in [5.41, 5.74) is 7.26. The van der Waals surface area contributed by atoms with Gasteiger partial charge in [-0.2, -0.15) is 5.10 Å². The van der Waals surface area contributed by atoms with Gasteiger partial charge in [0.15, 0.2) is 11.6 Å². The molecule has 0 aliphatic carbocycles. The van der Waals surface area contributed by atoms with Crippen LogP contribution in [-0.4, -0.2) is 9.78 Å². The quantitative estimate of drug-likeness (QED) is 0.754. The summed E-state index contributed by atoms with van der Waals surface area (Å²) >= 11 is 3.35. The van der Waals surface area contributed by atoms with E-state index in [1.54, 1.807) is 6.07 Å². The average Bonchev–Trinajstić information content (AvgIpc) is 2.84. The van der Waals surface area contributed by atoms with Crippen molar-refractivity contribution >= 4 is 21.7 Å². The zero-order chi connectivity index (χ0) is 15.0. The molecule has 2 aromatic carbocycles. The predicted molar refractivity (Wildman–Crippen MR) is 81.0 cm³/mol. The zero-order valence-electron chi connectivity index (χ0n) is 10.7. The minimum absolute atomic E-state index is 0.0177. The van der Waals surface area contributed by atoms with E-state index < -0.39 is 11.6 Å². The van der Waals surface area contributed by atoms with Gasteiger partial charge in [-0.05, 0) is 24.3 Å². The first kappa shape index (κ1) is 13.8. The fraction of sp³-hybridized carbons (Fsp3) is 0. The first-order valence-corrected chi connectivity index (χ1v) is 6.91. The van der Waals surface area contributed by atoms with Crippen molar-refractivity contribution in [2.24, 2.45) is 0 Å². The van der Waals surface area contributed by atoms with Crippen LogP contribution in [0.25, 0.3) is 16.9 Å². The Hall–Kier alpha value is -2.21. The van der Waals surface area contributed by atoms with E-state index in [1.807, 2.05) is 24.3 Å². The molecule has 0 aliphatic heterocycles. The number of nitrogens with zero attached hydrogens (tertiary/aromatic N) is 2. The molecule has 0 atom stereocenters. The summed E-state index contributed by atoms with van der Waals surface area (Å²) in [6.45, 7) is 0. The van der Waals surface area contributed by atoms with Crippen molar-refractivity contribution in [2.45, 2.75) is 0 Å². The number of hydrogen-bond donors (Lipinski definition) is 1. The first-order chi connectivity index (χ1) is 10.1. The molecule has 106 valence electrons. The van der Waals surface area contributed by atoms with Crippen LogP contribution in [0.2, 0.25) is 0 Å². The summed E-state index contributed by atoms with van der Waals surface area (Å²) in [7, 11) is 0. The summed E-state index contributed by atoms with van der Waals surface area (Å²) in [4.78, 5) is 0. The number of nitrogens with two attached hydrogens (primary N) is 1. The molecule has 3 rings (SSSR count). The molecule has 3 nitrogen and oxygen atoms in total. The molecule has 0 amide bonds. The zero-order valence-corrected chi connectivity index (χ0v) is 12.3. The Labute approximate surface area is 128 Å². The number of nitrogen functional groups attached to an aromatic ring is 1. The second-order valence-electron chi connectivity index (χ2n) is 4.45. The van der Waals surface area contributed by atoms with Crippen molar-refractivity contribution in [3.05, 3.63) is 64.6 Å². The molecule has 6 heteroatoms. The molecule has 0 aliphatic rings. The van der Waals surface area contributed by atoms with Gasteiger partial charge in [-0.15, -0.1) is 0 Å². The minimum Gasteiger partial charge on any atom is -0.384 e. The van der Waals surface area contributed by atoms with Crippen LogP contribution in [0.5, 0.6) is 0 Å². The highest BCUT2D eigenvalue weighted by atomic mass is 79.9. The number of halogens is 3. The number of anilines is 1. The van der Waals surface area contributed by atoms with Crippen LogP contribution < -0.4 is 5.73 Å². The van der Waals surface area contributed by atoms with Gasteiger partial charge in [-0.1, -0.05) is 34.1 Å². The van der Waals surface area contributed by atoms with Gasteiger partial charge in [0.1, 0.15) is 11.5 Å². The second-order valence-corrected chi connectivity index (χ2v) is 5.36. The molecule has 1 heterocycles. The van der Waals surface area contributed by atoms with E-state index in [9.17, 15) is 8.78 Å². The monoisotopic (exact) mass is 349 g/mol. The number of rotatable bonds is 2. The highest BCUT2D eigenvalue weighted by Gasteiger charge is 2.14.